The second-order valence-corrected chi connectivity index (χ2v) is 8.42. The molecule has 7 heteroatoms. The molecule has 0 spiro atoms. The summed E-state index contributed by atoms with van der Waals surface area (Å²) in [4.78, 5) is 23.3. The molecule has 3 rings (SSSR count). The van der Waals surface area contributed by atoms with Gasteiger partial charge >= 0.3 is 5.97 Å². The van der Waals surface area contributed by atoms with E-state index in [1.807, 2.05) is 31.2 Å². The van der Waals surface area contributed by atoms with Crippen LogP contribution in [0.4, 0.5) is 0 Å². The maximum atomic E-state index is 12.2. The Morgan fingerprint density at radius 1 is 1.03 bits per heavy atom. The molecule has 1 amide bonds. The van der Waals surface area contributed by atoms with Crippen molar-refractivity contribution in [3.8, 4) is 0 Å². The van der Waals surface area contributed by atoms with Gasteiger partial charge < -0.3 is 15.4 Å². The first kappa shape index (κ1) is 24.6. The highest BCUT2D eigenvalue weighted by molar-refractivity contribution is 5.90. The van der Waals surface area contributed by atoms with Gasteiger partial charge in [0.2, 0.25) is 0 Å². The fourth-order valence-electron chi connectivity index (χ4n) is 3.77. The van der Waals surface area contributed by atoms with Crippen molar-refractivity contribution >= 4 is 18.0 Å². The first-order valence-electron chi connectivity index (χ1n) is 11.5. The number of hydrogen-bond donors (Lipinski definition) is 4. The second kappa shape index (κ2) is 12.9. The molecule has 1 atom stereocenters. The molecule has 2 aromatic carbocycles. The lowest BCUT2D eigenvalue weighted by Gasteiger charge is -2.17. The molecule has 33 heavy (non-hydrogen) atoms. The van der Waals surface area contributed by atoms with Crippen molar-refractivity contribution in [2.75, 3.05) is 0 Å². The number of carbonyl (C=O) groups excluding carboxylic acids is 2. The minimum atomic E-state index is -0.560. The third-order valence-electron chi connectivity index (χ3n) is 5.72. The lowest BCUT2D eigenvalue weighted by atomic mass is 10.1. The van der Waals surface area contributed by atoms with Crippen molar-refractivity contribution in [2.24, 2.45) is 0 Å². The van der Waals surface area contributed by atoms with Gasteiger partial charge in [0.15, 0.2) is 0 Å². The van der Waals surface area contributed by atoms with Crippen LogP contribution in [0.15, 0.2) is 54.6 Å². The van der Waals surface area contributed by atoms with E-state index in [1.165, 1.54) is 11.6 Å². The average molecular weight is 452 g/mol. The van der Waals surface area contributed by atoms with Crippen LogP contribution in [-0.4, -0.2) is 29.2 Å². The topological polar surface area (TPSA) is 99.7 Å². The lowest BCUT2D eigenvalue weighted by Crippen LogP contribution is -2.36. The van der Waals surface area contributed by atoms with Crippen LogP contribution < -0.4 is 16.1 Å². The Kier molecular flexibility index (Phi) is 9.62. The van der Waals surface area contributed by atoms with E-state index in [1.54, 1.807) is 11.6 Å². The summed E-state index contributed by atoms with van der Waals surface area (Å²) in [5, 5.41) is 15.2. The van der Waals surface area contributed by atoms with Gasteiger partial charge in [0, 0.05) is 25.7 Å². The molecule has 0 saturated heterocycles. The van der Waals surface area contributed by atoms with Crippen LogP contribution in [0.5, 0.6) is 0 Å². The summed E-state index contributed by atoms with van der Waals surface area (Å²) in [6.45, 7) is 3.88. The quantitative estimate of drug-likeness (QED) is 0.181. The van der Waals surface area contributed by atoms with Gasteiger partial charge in [0.1, 0.15) is 12.1 Å². The Labute approximate surface area is 195 Å². The van der Waals surface area contributed by atoms with E-state index in [-0.39, 0.29) is 18.1 Å². The predicted molar refractivity (Wildman–Crippen MR) is 127 cm³/mol. The van der Waals surface area contributed by atoms with Crippen LogP contribution in [0, 0.1) is 0 Å². The molecular weight excluding hydrogens is 418 g/mol. The van der Waals surface area contributed by atoms with Gasteiger partial charge in [-0.2, -0.15) is 0 Å². The smallest absolute Gasteiger partial charge is 0.323 e. The zero-order chi connectivity index (χ0) is 23.5. The summed E-state index contributed by atoms with van der Waals surface area (Å²) in [6, 6.07) is 15.8. The number of esters is 1. The molecule has 0 radical (unpaired) electrons. The van der Waals surface area contributed by atoms with Crippen molar-refractivity contribution in [1.29, 1.82) is 0 Å². The molecule has 0 aliphatic heterocycles. The van der Waals surface area contributed by atoms with Crippen LogP contribution >= 0.6 is 0 Å². The van der Waals surface area contributed by atoms with Crippen molar-refractivity contribution in [3.63, 3.8) is 0 Å². The van der Waals surface area contributed by atoms with Gasteiger partial charge in [-0.05, 0) is 60.9 Å². The predicted octanol–water partition coefficient (Wildman–Crippen LogP) is 3.46. The zero-order valence-corrected chi connectivity index (χ0v) is 19.0. The summed E-state index contributed by atoms with van der Waals surface area (Å²) in [5.74, 6) is -0.727. The van der Waals surface area contributed by atoms with Gasteiger partial charge in [0.05, 0.1) is 0 Å². The zero-order valence-electron chi connectivity index (χ0n) is 19.0. The van der Waals surface area contributed by atoms with Crippen LogP contribution in [0.2, 0.25) is 0 Å². The minimum absolute atomic E-state index is 0.0974. The summed E-state index contributed by atoms with van der Waals surface area (Å²) in [7, 11) is 0. The largest absolute Gasteiger partial charge is 0.461 e. The van der Waals surface area contributed by atoms with Gasteiger partial charge in [-0.1, -0.05) is 48.5 Å². The highest BCUT2D eigenvalue weighted by Crippen LogP contribution is 2.21. The number of hydrogen-bond acceptors (Lipinski definition) is 6. The number of benzene rings is 2. The van der Waals surface area contributed by atoms with Gasteiger partial charge in [-0.15, -0.1) is 0 Å². The Balaban J connectivity index is 1.39. The number of ether oxygens (including phenoxy) is 1. The summed E-state index contributed by atoms with van der Waals surface area (Å²) < 4.78 is 5.56. The van der Waals surface area contributed by atoms with Crippen molar-refractivity contribution in [2.45, 2.75) is 64.4 Å². The van der Waals surface area contributed by atoms with Gasteiger partial charge in [-0.3, -0.25) is 14.8 Å². The molecule has 1 saturated carbocycles. The third-order valence-corrected chi connectivity index (χ3v) is 5.72. The van der Waals surface area contributed by atoms with Crippen molar-refractivity contribution < 1.29 is 19.5 Å². The van der Waals surface area contributed by atoms with Crippen LogP contribution in [0.25, 0.3) is 6.08 Å². The second-order valence-electron chi connectivity index (χ2n) is 8.42. The standard InChI is InChI=1S/C26H33N3O4/c1-19(26(31)33-24-7-2-3-8-24)28-18-22-11-9-21(10-12-22)16-27-17-23-6-4-5-20(15-23)13-14-25(30)29-32/h4-6,9-15,19,24,27-28,32H,2-3,7-8,16-18H2,1H3,(H,29,30)/b14-13+/t19-/m0/s1. The molecule has 7 nitrogen and oxygen atoms in total. The molecule has 0 heterocycles. The monoisotopic (exact) mass is 451 g/mol. The summed E-state index contributed by atoms with van der Waals surface area (Å²) >= 11 is 0. The van der Waals surface area contributed by atoms with Crippen molar-refractivity contribution in [1.82, 2.24) is 16.1 Å². The van der Waals surface area contributed by atoms with E-state index in [9.17, 15) is 9.59 Å². The van der Waals surface area contributed by atoms with Crippen molar-refractivity contribution in [3.05, 3.63) is 76.9 Å². The molecule has 4 N–H and O–H groups in total. The van der Waals surface area contributed by atoms with E-state index in [0.717, 1.165) is 48.9 Å². The third kappa shape index (κ3) is 8.46. The molecule has 0 aromatic heterocycles. The highest BCUT2D eigenvalue weighted by Gasteiger charge is 2.22. The van der Waals surface area contributed by atoms with Crippen LogP contribution in [0.3, 0.4) is 0 Å². The molecule has 1 aliphatic rings. The summed E-state index contributed by atoms with van der Waals surface area (Å²) in [6.07, 6.45) is 7.30. The minimum Gasteiger partial charge on any atom is -0.461 e. The Bertz CT molecular complexity index is 937. The Hall–Kier alpha value is -3.00. The SMILES string of the molecule is C[C@H](NCc1ccc(CNCc2cccc(/C=C/C(=O)NO)c2)cc1)C(=O)OC1CCCC1. The number of rotatable bonds is 11. The Morgan fingerprint density at radius 2 is 1.70 bits per heavy atom. The lowest BCUT2D eigenvalue weighted by molar-refractivity contribution is -0.150. The molecular formula is C26H33N3O4. The van der Waals surface area contributed by atoms with E-state index < -0.39 is 5.91 Å². The molecule has 176 valence electrons. The molecule has 0 bridgehead atoms. The molecule has 1 fully saturated rings. The fraction of sp³-hybridized carbons (Fsp3) is 0.385. The van der Waals surface area contributed by atoms with E-state index in [0.29, 0.717) is 13.1 Å². The molecule has 1 aliphatic carbocycles. The van der Waals surface area contributed by atoms with E-state index in [2.05, 4.69) is 34.9 Å². The maximum absolute atomic E-state index is 12.2. The normalized spacial score (nSPS) is 15.0. The molecule has 0 unspecified atom stereocenters. The van der Waals surface area contributed by atoms with Gasteiger partial charge in [0.25, 0.3) is 5.91 Å². The number of carbonyl (C=O) groups is 2. The first-order valence-corrected chi connectivity index (χ1v) is 11.5. The van der Waals surface area contributed by atoms with Crippen LogP contribution in [0.1, 0.15) is 54.9 Å². The van der Waals surface area contributed by atoms with Gasteiger partial charge in [-0.25, -0.2) is 5.48 Å². The maximum Gasteiger partial charge on any atom is 0.323 e. The Morgan fingerprint density at radius 3 is 2.39 bits per heavy atom. The van der Waals surface area contributed by atoms with Crippen LogP contribution in [-0.2, 0) is 34.0 Å². The number of amides is 1. The summed E-state index contributed by atoms with van der Waals surface area (Å²) in [5.41, 5.74) is 5.84. The molecule has 2 aromatic rings. The first-order chi connectivity index (χ1) is 16.0. The fourth-order valence-corrected chi connectivity index (χ4v) is 3.77. The average Bonchev–Trinajstić information content (AvgIpc) is 3.35. The highest BCUT2D eigenvalue weighted by atomic mass is 16.5. The van der Waals surface area contributed by atoms with E-state index >= 15 is 0 Å². The number of nitrogens with one attached hydrogen (secondary N) is 3. The van der Waals surface area contributed by atoms with E-state index in [4.69, 9.17) is 9.94 Å². The number of hydroxylamine groups is 1.